The van der Waals surface area contributed by atoms with Gasteiger partial charge in [0.25, 0.3) is 0 Å². The molecule has 26 heavy (non-hydrogen) atoms. The Kier molecular flexibility index (Phi) is 4.50. The summed E-state index contributed by atoms with van der Waals surface area (Å²) in [5.74, 6) is 0.242. The van der Waals surface area contributed by atoms with Gasteiger partial charge in [0.2, 0.25) is 0 Å². The third kappa shape index (κ3) is 2.79. The smallest absolute Gasteiger partial charge is 0.162 e. The van der Waals surface area contributed by atoms with Crippen LogP contribution in [0.3, 0.4) is 0 Å². The number of hydrogen-bond donors (Lipinski definition) is 1. The van der Waals surface area contributed by atoms with Gasteiger partial charge in [0, 0.05) is 31.1 Å². The lowest BCUT2D eigenvalue weighted by molar-refractivity contribution is -0.0114. The summed E-state index contributed by atoms with van der Waals surface area (Å²) >= 11 is 0. The second kappa shape index (κ2) is 6.84. The summed E-state index contributed by atoms with van der Waals surface area (Å²) in [6.07, 6.45) is 5.01. The predicted molar refractivity (Wildman–Crippen MR) is 98.1 cm³/mol. The molecule has 0 amide bonds. The molecule has 5 aliphatic heterocycles. The van der Waals surface area contributed by atoms with Crippen molar-refractivity contribution in [1.82, 2.24) is 15.1 Å². The Bertz CT molecular complexity index is 653. The van der Waals surface area contributed by atoms with Gasteiger partial charge in [0.05, 0.1) is 0 Å². The monoisotopic (exact) mass is 361 g/mol. The van der Waals surface area contributed by atoms with E-state index in [0.29, 0.717) is 17.6 Å². The average Bonchev–Trinajstić information content (AvgIpc) is 3.07. The first-order valence-electron chi connectivity index (χ1n) is 10.3. The van der Waals surface area contributed by atoms with Gasteiger partial charge in [-0.3, -0.25) is 9.80 Å². The van der Waals surface area contributed by atoms with Crippen molar-refractivity contribution < 1.29 is 8.78 Å². The molecule has 6 rings (SSSR count). The molecular formula is C21H29F2N3. The van der Waals surface area contributed by atoms with Crippen molar-refractivity contribution in [2.45, 2.75) is 43.7 Å². The Morgan fingerprint density at radius 2 is 1.77 bits per heavy atom. The van der Waals surface area contributed by atoms with Crippen LogP contribution in [0.1, 0.15) is 37.2 Å². The van der Waals surface area contributed by atoms with Crippen molar-refractivity contribution >= 4 is 0 Å². The van der Waals surface area contributed by atoms with Crippen LogP contribution in [0.5, 0.6) is 0 Å². The Labute approximate surface area is 154 Å². The number of likely N-dealkylation sites (tertiary alicyclic amines) is 1. The molecule has 5 fully saturated rings. The maximum Gasteiger partial charge on any atom is 0.162 e. The summed E-state index contributed by atoms with van der Waals surface area (Å²) in [6.45, 7) is 6.49. The molecule has 1 N–H and O–H groups in total. The standard InChI is InChI=1S/C21H29F2N3/c22-18-3-1-2-16(19(18)23)17-13-26(12-14-4-8-24-9-5-14)20-15-6-10-25(11-7-15)21(17)20/h1-3,14-15,17,20-21,24H,4-13H2/t17-,20+,21+/m0/s1. The van der Waals surface area contributed by atoms with E-state index < -0.39 is 11.6 Å². The molecule has 1 aromatic rings. The first-order chi connectivity index (χ1) is 12.7. The number of nitrogens with zero attached hydrogens (tertiary/aromatic N) is 2. The molecule has 5 heteroatoms. The molecule has 0 radical (unpaired) electrons. The highest BCUT2D eigenvalue weighted by Crippen LogP contribution is 2.47. The van der Waals surface area contributed by atoms with Crippen LogP contribution < -0.4 is 5.32 Å². The lowest BCUT2D eigenvalue weighted by atomic mass is 9.75. The van der Waals surface area contributed by atoms with E-state index in [1.54, 1.807) is 6.07 Å². The van der Waals surface area contributed by atoms with Crippen LogP contribution in [0, 0.1) is 23.5 Å². The fraction of sp³-hybridized carbons (Fsp3) is 0.714. The van der Waals surface area contributed by atoms with Crippen molar-refractivity contribution in [1.29, 1.82) is 0 Å². The minimum absolute atomic E-state index is 0.0977. The summed E-state index contributed by atoms with van der Waals surface area (Å²) in [5.41, 5.74) is 0.598. The van der Waals surface area contributed by atoms with E-state index in [9.17, 15) is 8.78 Å². The van der Waals surface area contributed by atoms with E-state index in [4.69, 9.17) is 0 Å². The molecule has 0 spiro atoms. The van der Waals surface area contributed by atoms with Crippen molar-refractivity contribution in [3.63, 3.8) is 0 Å². The molecule has 2 bridgehead atoms. The number of benzene rings is 1. The third-order valence-corrected chi connectivity index (χ3v) is 7.43. The summed E-state index contributed by atoms with van der Waals surface area (Å²) in [4.78, 5) is 5.23. The topological polar surface area (TPSA) is 18.5 Å². The summed E-state index contributed by atoms with van der Waals surface area (Å²) in [5, 5.41) is 3.45. The van der Waals surface area contributed by atoms with Gasteiger partial charge >= 0.3 is 0 Å². The van der Waals surface area contributed by atoms with Gasteiger partial charge in [0.15, 0.2) is 11.6 Å². The average molecular weight is 361 g/mol. The van der Waals surface area contributed by atoms with E-state index in [0.717, 1.165) is 51.1 Å². The number of hydrogen-bond acceptors (Lipinski definition) is 3. The van der Waals surface area contributed by atoms with Crippen LogP contribution in [0.25, 0.3) is 0 Å². The van der Waals surface area contributed by atoms with Crippen LogP contribution in [0.15, 0.2) is 18.2 Å². The quantitative estimate of drug-likeness (QED) is 0.893. The molecule has 5 saturated heterocycles. The normalized spacial score (nSPS) is 37.8. The largest absolute Gasteiger partial charge is 0.317 e. The zero-order valence-electron chi connectivity index (χ0n) is 15.3. The van der Waals surface area contributed by atoms with Gasteiger partial charge in [-0.05, 0) is 75.3 Å². The second-order valence-corrected chi connectivity index (χ2v) is 8.75. The summed E-state index contributed by atoms with van der Waals surface area (Å²) in [6, 6.07) is 5.62. The van der Waals surface area contributed by atoms with Crippen LogP contribution in [0.2, 0.25) is 0 Å². The van der Waals surface area contributed by atoms with Crippen LogP contribution in [0.4, 0.5) is 8.78 Å². The van der Waals surface area contributed by atoms with Crippen molar-refractivity contribution in [2.24, 2.45) is 11.8 Å². The van der Waals surface area contributed by atoms with Crippen LogP contribution >= 0.6 is 0 Å². The Morgan fingerprint density at radius 1 is 1.00 bits per heavy atom. The van der Waals surface area contributed by atoms with Gasteiger partial charge in [-0.2, -0.15) is 0 Å². The molecule has 0 aliphatic carbocycles. The minimum atomic E-state index is -0.702. The molecule has 5 heterocycles. The first kappa shape index (κ1) is 17.1. The lowest BCUT2D eigenvalue weighted by Crippen LogP contribution is -2.60. The molecule has 3 nitrogen and oxygen atoms in total. The highest BCUT2D eigenvalue weighted by molar-refractivity contribution is 5.29. The van der Waals surface area contributed by atoms with Crippen LogP contribution in [-0.4, -0.2) is 61.2 Å². The maximum absolute atomic E-state index is 14.6. The molecule has 142 valence electrons. The second-order valence-electron chi connectivity index (χ2n) is 8.75. The van der Waals surface area contributed by atoms with Crippen LogP contribution in [-0.2, 0) is 0 Å². The summed E-state index contributed by atoms with van der Waals surface area (Å²) in [7, 11) is 0. The van der Waals surface area contributed by atoms with Crippen molar-refractivity contribution in [2.75, 3.05) is 39.3 Å². The fourth-order valence-electron chi connectivity index (χ4n) is 6.22. The number of halogens is 2. The Morgan fingerprint density at radius 3 is 2.54 bits per heavy atom. The van der Waals surface area contributed by atoms with Gasteiger partial charge in [-0.1, -0.05) is 12.1 Å². The fourth-order valence-corrected chi connectivity index (χ4v) is 6.22. The van der Waals surface area contributed by atoms with Gasteiger partial charge in [-0.15, -0.1) is 0 Å². The van der Waals surface area contributed by atoms with Crippen molar-refractivity contribution in [3.05, 3.63) is 35.4 Å². The molecule has 5 aliphatic rings. The zero-order chi connectivity index (χ0) is 17.7. The minimum Gasteiger partial charge on any atom is -0.317 e. The lowest BCUT2D eigenvalue weighted by Gasteiger charge is -2.51. The zero-order valence-corrected chi connectivity index (χ0v) is 15.3. The first-order valence-corrected chi connectivity index (χ1v) is 10.3. The maximum atomic E-state index is 14.6. The van der Waals surface area contributed by atoms with Gasteiger partial charge in [0.1, 0.15) is 0 Å². The number of piperidine rings is 4. The highest BCUT2D eigenvalue weighted by Gasteiger charge is 2.53. The van der Waals surface area contributed by atoms with Crippen molar-refractivity contribution in [3.8, 4) is 0 Å². The van der Waals surface area contributed by atoms with E-state index in [1.807, 2.05) is 6.07 Å². The summed E-state index contributed by atoms with van der Waals surface area (Å²) < 4.78 is 28.5. The molecule has 3 atom stereocenters. The molecule has 0 unspecified atom stereocenters. The molecular weight excluding hydrogens is 332 g/mol. The van der Waals surface area contributed by atoms with E-state index in [1.165, 1.54) is 31.7 Å². The van der Waals surface area contributed by atoms with Gasteiger partial charge < -0.3 is 5.32 Å². The molecule has 1 aromatic carbocycles. The van der Waals surface area contributed by atoms with E-state index in [2.05, 4.69) is 15.1 Å². The number of nitrogens with one attached hydrogen (secondary N) is 1. The number of rotatable bonds is 3. The number of fused-ring (bicyclic) bond motifs is 2. The van der Waals surface area contributed by atoms with E-state index in [-0.39, 0.29) is 5.92 Å². The highest BCUT2D eigenvalue weighted by atomic mass is 19.2. The van der Waals surface area contributed by atoms with Gasteiger partial charge in [-0.25, -0.2) is 8.78 Å². The van der Waals surface area contributed by atoms with E-state index >= 15 is 0 Å². The SMILES string of the molecule is Fc1cccc([C@@H]2CN(CC3CCNCC3)[C@@H]3C4CCN(CC4)[C@@H]32)c1F. The molecule has 0 saturated carbocycles. The Balaban J connectivity index is 1.45. The molecule has 0 aromatic heterocycles. The third-order valence-electron chi connectivity index (χ3n) is 7.43. The predicted octanol–water partition coefficient (Wildman–Crippen LogP) is 2.83. The Hall–Kier alpha value is -1.04.